The van der Waals surface area contributed by atoms with Crippen LogP contribution >= 0.6 is 0 Å². The van der Waals surface area contributed by atoms with E-state index >= 15 is 0 Å². The highest BCUT2D eigenvalue weighted by molar-refractivity contribution is 6.96. The zero-order valence-electron chi connectivity index (χ0n) is 38.1. The van der Waals surface area contributed by atoms with Gasteiger partial charge in [0.05, 0.1) is 0 Å². The average Bonchev–Trinajstić information content (AvgIpc) is 3.72. The molecule has 0 aromatic heterocycles. The normalized spacial score (nSPS) is 15.4. The number of allylic oxidation sites excluding steroid dienone is 7. The Morgan fingerprint density at radius 1 is 0.692 bits per heavy atom. The first-order valence-electron chi connectivity index (χ1n) is 23.3. The van der Waals surface area contributed by atoms with Crippen molar-refractivity contribution < 1.29 is 4.74 Å². The Balaban J connectivity index is 0.991. The molecule has 0 fully saturated rings. The quantitative estimate of drug-likeness (QED) is 0.128. The Bertz CT molecular complexity index is 3050. The Hall–Kier alpha value is -7.24. The van der Waals surface area contributed by atoms with Crippen molar-refractivity contribution in [1.29, 1.82) is 0 Å². The summed E-state index contributed by atoms with van der Waals surface area (Å²) in [6.07, 6.45) is 13.2. The van der Waals surface area contributed by atoms with Crippen LogP contribution in [-0.2, 0) is 5.41 Å². The first-order valence-corrected chi connectivity index (χ1v) is 23.3. The predicted molar refractivity (Wildman–Crippen MR) is 275 cm³/mol. The van der Waals surface area contributed by atoms with E-state index in [1.807, 2.05) is 0 Å². The highest BCUT2D eigenvalue weighted by Gasteiger charge is 2.41. The standard InChI is InChI=1S/C60H54BN3O/c1-6-45(62(49-31-29-41(2)42(3)37-49)50-34-36-58-53(39-50)60(4,5)52-26-16-17-28-57(52)65-58)32-30-44-38-43-19-18-27-55-59(43)61(44)54-35-33-51(40-56(54)64(55)48-24-14-9-15-25-48)63(46-20-10-7-11-21-46)47-22-12-8-13-23-47/h6-16,18-27,29,31,33-40H,17,28,30,32H2,1-5H3/b45-6+. The Morgan fingerprint density at radius 3 is 2.11 bits per heavy atom. The third kappa shape index (κ3) is 7.02. The summed E-state index contributed by atoms with van der Waals surface area (Å²) in [6, 6.07) is 60.1. The summed E-state index contributed by atoms with van der Waals surface area (Å²) >= 11 is 0. The van der Waals surface area contributed by atoms with Gasteiger partial charge in [-0.25, -0.2) is 0 Å². The Labute approximate surface area is 385 Å². The fraction of sp³-hybridized carbons (Fsp3) is 0.167. The maximum atomic E-state index is 6.63. The maximum absolute atomic E-state index is 6.63. The molecule has 0 atom stereocenters. The molecule has 65 heavy (non-hydrogen) atoms. The third-order valence-corrected chi connectivity index (χ3v) is 14.2. The molecule has 3 heterocycles. The number of hydrogen-bond acceptors (Lipinski definition) is 4. The van der Waals surface area contributed by atoms with Crippen LogP contribution in [0.15, 0.2) is 205 Å². The van der Waals surface area contributed by atoms with Crippen molar-refractivity contribution in [2.75, 3.05) is 14.7 Å². The van der Waals surface area contributed by atoms with Crippen molar-refractivity contribution in [3.8, 4) is 5.75 Å². The van der Waals surface area contributed by atoms with Gasteiger partial charge in [0.25, 0.3) is 0 Å². The summed E-state index contributed by atoms with van der Waals surface area (Å²) in [5.41, 5.74) is 21.0. The van der Waals surface area contributed by atoms with Crippen LogP contribution in [0.2, 0.25) is 0 Å². The first-order chi connectivity index (χ1) is 31.8. The van der Waals surface area contributed by atoms with Gasteiger partial charge in [-0.05, 0) is 153 Å². The molecule has 0 bridgehead atoms. The summed E-state index contributed by atoms with van der Waals surface area (Å²) < 4.78 is 6.63. The number of benzene rings is 7. The molecule has 0 amide bonds. The number of nitrogens with zero attached hydrogens (tertiary/aromatic N) is 3. The number of para-hydroxylation sites is 3. The van der Waals surface area contributed by atoms with E-state index in [0.717, 1.165) is 65.6 Å². The first kappa shape index (κ1) is 40.5. The van der Waals surface area contributed by atoms with E-state index in [1.54, 1.807) is 0 Å². The number of fused-ring (bicyclic) bond motifs is 3. The number of hydrogen-bond donors (Lipinski definition) is 0. The molecule has 11 rings (SSSR count). The van der Waals surface area contributed by atoms with Gasteiger partial charge in [-0.2, -0.15) is 0 Å². The smallest absolute Gasteiger partial charge is 0.243 e. The van der Waals surface area contributed by atoms with E-state index in [2.05, 4.69) is 237 Å². The largest absolute Gasteiger partial charge is 0.461 e. The molecular weight excluding hydrogens is 789 g/mol. The second kappa shape index (κ2) is 16.4. The van der Waals surface area contributed by atoms with E-state index in [-0.39, 0.29) is 12.1 Å². The van der Waals surface area contributed by atoms with Crippen LogP contribution in [0.25, 0.3) is 6.08 Å². The minimum absolute atomic E-state index is 0.132. The van der Waals surface area contributed by atoms with Gasteiger partial charge < -0.3 is 19.4 Å². The number of aryl methyl sites for hydroxylation is 2. The second-order valence-electron chi connectivity index (χ2n) is 18.4. The maximum Gasteiger partial charge on any atom is 0.243 e. The molecule has 5 heteroatoms. The van der Waals surface area contributed by atoms with Gasteiger partial charge in [0.1, 0.15) is 11.5 Å². The molecule has 0 N–H and O–H groups in total. The molecule has 0 saturated heterocycles. The predicted octanol–water partition coefficient (Wildman–Crippen LogP) is 14.9. The number of rotatable bonds is 10. The Morgan fingerprint density at radius 2 is 1.38 bits per heavy atom. The molecule has 0 unspecified atom stereocenters. The van der Waals surface area contributed by atoms with E-state index < -0.39 is 0 Å². The van der Waals surface area contributed by atoms with Crippen LogP contribution in [-0.4, -0.2) is 6.71 Å². The van der Waals surface area contributed by atoms with Gasteiger partial charge in [0, 0.05) is 74.2 Å². The van der Waals surface area contributed by atoms with Crippen LogP contribution in [0.4, 0.5) is 45.5 Å². The van der Waals surface area contributed by atoms with Gasteiger partial charge >= 0.3 is 0 Å². The molecule has 4 nitrogen and oxygen atoms in total. The zero-order chi connectivity index (χ0) is 44.2. The molecule has 0 radical (unpaired) electrons. The third-order valence-electron chi connectivity index (χ3n) is 14.2. The monoisotopic (exact) mass is 843 g/mol. The molecular formula is C60H54BN3O. The summed E-state index contributed by atoms with van der Waals surface area (Å²) in [4.78, 5) is 7.36. The highest BCUT2D eigenvalue weighted by atomic mass is 16.5. The average molecular weight is 844 g/mol. The van der Waals surface area contributed by atoms with E-state index in [0.29, 0.717) is 0 Å². The number of anilines is 8. The van der Waals surface area contributed by atoms with Crippen LogP contribution in [0.5, 0.6) is 5.75 Å². The molecule has 318 valence electrons. The number of ether oxygens (including phenoxy) is 1. The van der Waals surface area contributed by atoms with Crippen molar-refractivity contribution >= 4 is 69.2 Å². The minimum atomic E-state index is -0.181. The van der Waals surface area contributed by atoms with E-state index in [9.17, 15) is 0 Å². The van der Waals surface area contributed by atoms with Gasteiger partial charge in [0.2, 0.25) is 6.71 Å². The molecule has 1 aliphatic carbocycles. The molecule has 7 aromatic carbocycles. The van der Waals surface area contributed by atoms with Crippen LogP contribution in [0.3, 0.4) is 0 Å². The fourth-order valence-electron chi connectivity index (χ4n) is 10.8. The molecule has 4 aliphatic rings. The van der Waals surface area contributed by atoms with E-state index in [1.165, 1.54) is 67.0 Å². The van der Waals surface area contributed by atoms with Crippen molar-refractivity contribution in [3.63, 3.8) is 0 Å². The lowest BCUT2D eigenvalue weighted by molar-refractivity contribution is 0.351. The lowest BCUT2D eigenvalue weighted by Gasteiger charge is -2.38. The SMILES string of the molecule is C/C=C(\CCC1=Cc2cccc3c2B1c1ccc(N(c2ccccc2)c2ccccc2)cc1N3c1ccccc1)N(c1ccc(C)c(C)c1)c1ccc2c(c1)C(C)(C)C1=C(CCC=C1)O2. The minimum Gasteiger partial charge on any atom is -0.461 e. The van der Waals surface area contributed by atoms with Gasteiger partial charge in [-0.3, -0.25) is 0 Å². The topological polar surface area (TPSA) is 19.0 Å². The van der Waals surface area contributed by atoms with Gasteiger partial charge in [-0.15, -0.1) is 0 Å². The lowest BCUT2D eigenvalue weighted by Crippen LogP contribution is -2.50. The van der Waals surface area contributed by atoms with E-state index in [4.69, 9.17) is 4.74 Å². The van der Waals surface area contributed by atoms with Gasteiger partial charge in [-0.1, -0.05) is 122 Å². The highest BCUT2D eigenvalue weighted by Crippen LogP contribution is 2.49. The molecule has 3 aliphatic heterocycles. The van der Waals surface area contributed by atoms with Crippen molar-refractivity contribution in [2.24, 2.45) is 0 Å². The summed E-state index contributed by atoms with van der Waals surface area (Å²) in [6.45, 7) is 11.5. The molecule has 0 spiro atoms. The second-order valence-corrected chi connectivity index (χ2v) is 18.4. The van der Waals surface area contributed by atoms with Gasteiger partial charge in [0.15, 0.2) is 0 Å². The van der Waals surface area contributed by atoms with Crippen molar-refractivity contribution in [1.82, 2.24) is 0 Å². The fourth-order valence-corrected chi connectivity index (χ4v) is 10.8. The lowest BCUT2D eigenvalue weighted by atomic mass is 9.36. The van der Waals surface area contributed by atoms with Crippen LogP contribution in [0, 0.1) is 13.8 Å². The van der Waals surface area contributed by atoms with Crippen molar-refractivity contribution in [2.45, 2.75) is 65.7 Å². The summed E-state index contributed by atoms with van der Waals surface area (Å²) in [7, 11) is 0. The molecule has 0 saturated carbocycles. The summed E-state index contributed by atoms with van der Waals surface area (Å²) in [5.74, 6) is 2.09. The zero-order valence-corrected chi connectivity index (χ0v) is 38.1. The molecule has 7 aromatic rings. The van der Waals surface area contributed by atoms with Crippen LogP contribution in [0.1, 0.15) is 68.7 Å². The van der Waals surface area contributed by atoms with Crippen molar-refractivity contribution in [3.05, 3.63) is 227 Å². The van der Waals surface area contributed by atoms with Crippen LogP contribution < -0.4 is 30.4 Å². The Kier molecular flexibility index (Phi) is 10.2. The summed E-state index contributed by atoms with van der Waals surface area (Å²) in [5, 5.41) is 0.